The van der Waals surface area contributed by atoms with E-state index >= 15 is 0 Å². The fourth-order valence-electron chi connectivity index (χ4n) is 6.58. The summed E-state index contributed by atoms with van der Waals surface area (Å²) in [7, 11) is -4.12. The number of halogens is 1. The molecule has 5 heterocycles. The standard InChI is InChI=1S/C34H30BrN3O6S2/c1-21-26-18-25(11-12-30(26)44-31(21)34(40)41)46(42,43)37(15-13-22-7-3-2-4-8-22)29-10-6-5-9-28(29)36-19-23-17-24(20-36)38(23)33(39)32-27(35)14-16-45-32/h2-12,14,16,18,23-24H,13,15,17,19-20H2,1H3,(H,40,41). The molecule has 0 radical (unpaired) electrons. The molecule has 2 bridgehead atoms. The molecule has 2 aromatic heterocycles. The molecule has 46 heavy (non-hydrogen) atoms. The number of hydrogen-bond donors (Lipinski definition) is 1. The fraction of sp³-hybridized carbons (Fsp3) is 0.235. The summed E-state index contributed by atoms with van der Waals surface area (Å²) >= 11 is 4.92. The molecule has 0 aliphatic carbocycles. The maximum absolute atomic E-state index is 14.6. The highest BCUT2D eigenvalue weighted by molar-refractivity contribution is 9.10. The van der Waals surface area contributed by atoms with E-state index in [1.165, 1.54) is 33.8 Å². The first-order valence-electron chi connectivity index (χ1n) is 14.9. The molecule has 3 fully saturated rings. The average molecular weight is 721 g/mol. The first-order valence-corrected chi connectivity index (χ1v) is 18.0. The molecule has 1 N–H and O–H groups in total. The summed E-state index contributed by atoms with van der Waals surface area (Å²) in [5.41, 5.74) is 3.02. The number of piperazine rings is 1. The number of furan rings is 1. The predicted molar refractivity (Wildman–Crippen MR) is 182 cm³/mol. The number of rotatable bonds is 9. The summed E-state index contributed by atoms with van der Waals surface area (Å²) in [4.78, 5) is 29.9. The van der Waals surface area contributed by atoms with Crippen molar-refractivity contribution in [2.24, 2.45) is 0 Å². The number of para-hydroxylation sites is 2. The van der Waals surface area contributed by atoms with Crippen LogP contribution in [0.15, 0.2) is 98.0 Å². The molecule has 12 heteroatoms. The van der Waals surface area contributed by atoms with Crippen molar-refractivity contribution in [3.63, 3.8) is 0 Å². The number of carbonyl (C=O) groups excluding carboxylic acids is 1. The predicted octanol–water partition coefficient (Wildman–Crippen LogP) is 6.80. The minimum Gasteiger partial charge on any atom is -0.475 e. The minimum atomic E-state index is -4.12. The highest BCUT2D eigenvalue weighted by Gasteiger charge is 2.48. The summed E-state index contributed by atoms with van der Waals surface area (Å²) in [5, 5.41) is 11.9. The van der Waals surface area contributed by atoms with Crippen LogP contribution in [0.4, 0.5) is 11.4 Å². The third kappa shape index (κ3) is 5.27. The highest BCUT2D eigenvalue weighted by Crippen LogP contribution is 2.41. The van der Waals surface area contributed by atoms with Gasteiger partial charge in [-0.2, -0.15) is 0 Å². The first kappa shape index (κ1) is 30.5. The van der Waals surface area contributed by atoms with Gasteiger partial charge < -0.3 is 19.3 Å². The van der Waals surface area contributed by atoms with Crippen LogP contribution in [0.5, 0.6) is 0 Å². The molecule has 2 unspecified atom stereocenters. The van der Waals surface area contributed by atoms with Gasteiger partial charge in [0.05, 0.1) is 28.4 Å². The van der Waals surface area contributed by atoms with Crippen molar-refractivity contribution in [1.82, 2.24) is 4.90 Å². The van der Waals surface area contributed by atoms with Crippen LogP contribution in [0.1, 0.15) is 37.8 Å². The van der Waals surface area contributed by atoms with Gasteiger partial charge in [-0.25, -0.2) is 13.2 Å². The largest absolute Gasteiger partial charge is 0.475 e. The van der Waals surface area contributed by atoms with Crippen LogP contribution < -0.4 is 9.21 Å². The van der Waals surface area contributed by atoms with E-state index in [9.17, 15) is 23.1 Å². The molecule has 0 spiro atoms. The lowest BCUT2D eigenvalue weighted by molar-refractivity contribution is 0.00632. The Morgan fingerprint density at radius 2 is 1.74 bits per heavy atom. The number of piperidine rings is 1. The van der Waals surface area contributed by atoms with Crippen LogP contribution in [-0.2, 0) is 16.4 Å². The molecule has 1 amide bonds. The Hall–Kier alpha value is -4.13. The van der Waals surface area contributed by atoms with E-state index < -0.39 is 16.0 Å². The Kier molecular flexibility index (Phi) is 7.90. The Morgan fingerprint density at radius 3 is 2.43 bits per heavy atom. The van der Waals surface area contributed by atoms with Gasteiger partial charge in [-0.05, 0) is 83.0 Å². The summed E-state index contributed by atoms with van der Waals surface area (Å²) in [5.74, 6) is -1.39. The summed E-state index contributed by atoms with van der Waals surface area (Å²) in [6.07, 6.45) is 1.39. The molecule has 8 rings (SSSR count). The maximum Gasteiger partial charge on any atom is 0.372 e. The van der Waals surface area contributed by atoms with E-state index in [0.717, 1.165) is 22.1 Å². The first-order chi connectivity index (χ1) is 22.1. The van der Waals surface area contributed by atoms with Crippen molar-refractivity contribution in [2.75, 3.05) is 28.8 Å². The normalized spacial score (nSPS) is 17.6. The molecule has 9 nitrogen and oxygen atoms in total. The Labute approximate surface area is 278 Å². The maximum atomic E-state index is 14.6. The number of fused-ring (bicyclic) bond motifs is 3. The lowest BCUT2D eigenvalue weighted by Crippen LogP contribution is -2.70. The molecule has 5 aromatic rings. The van der Waals surface area contributed by atoms with Crippen molar-refractivity contribution in [1.29, 1.82) is 0 Å². The molecule has 2 atom stereocenters. The number of benzene rings is 3. The van der Waals surface area contributed by atoms with Crippen molar-refractivity contribution < 1.29 is 27.5 Å². The number of sulfonamides is 1. The van der Waals surface area contributed by atoms with Gasteiger partial charge in [0, 0.05) is 35.1 Å². The van der Waals surface area contributed by atoms with E-state index in [2.05, 4.69) is 20.8 Å². The third-order valence-corrected chi connectivity index (χ3v) is 12.5. The van der Waals surface area contributed by atoms with E-state index in [0.29, 0.717) is 46.6 Å². The van der Waals surface area contributed by atoms with Crippen molar-refractivity contribution in [3.05, 3.63) is 110 Å². The van der Waals surface area contributed by atoms with Gasteiger partial charge in [-0.15, -0.1) is 11.3 Å². The number of hydrogen-bond acceptors (Lipinski definition) is 7. The number of carbonyl (C=O) groups is 2. The van der Waals surface area contributed by atoms with Crippen molar-refractivity contribution in [3.8, 4) is 0 Å². The topological polar surface area (TPSA) is 111 Å². The van der Waals surface area contributed by atoms with Crippen LogP contribution in [0.3, 0.4) is 0 Å². The van der Waals surface area contributed by atoms with Gasteiger partial charge in [0.2, 0.25) is 5.76 Å². The van der Waals surface area contributed by atoms with Gasteiger partial charge in [-0.3, -0.25) is 9.10 Å². The van der Waals surface area contributed by atoms with Crippen LogP contribution in [-0.4, -0.2) is 62.0 Å². The van der Waals surface area contributed by atoms with Gasteiger partial charge in [-0.1, -0.05) is 42.5 Å². The van der Waals surface area contributed by atoms with Crippen LogP contribution in [0.2, 0.25) is 0 Å². The molecule has 3 aromatic carbocycles. The zero-order chi connectivity index (χ0) is 32.2. The SMILES string of the molecule is Cc1c(C(=O)O)oc2ccc(S(=O)(=O)N(CCc3ccccc3)c3ccccc3N3CC4CC(C3)N4C(=O)c3sccc3Br)cc12. The number of carboxylic acid groups (broad SMARTS) is 1. The number of aromatic carboxylic acids is 1. The average Bonchev–Trinajstić information content (AvgIpc) is 3.64. The lowest BCUT2D eigenvalue weighted by atomic mass is 9.86. The second kappa shape index (κ2) is 11.9. The Bertz CT molecular complexity index is 2060. The third-order valence-electron chi connectivity index (χ3n) is 8.87. The van der Waals surface area contributed by atoms with Gasteiger partial charge in [0.15, 0.2) is 0 Å². The quantitative estimate of drug-likeness (QED) is 0.178. The molecule has 3 aliphatic heterocycles. The van der Waals surface area contributed by atoms with Crippen LogP contribution >= 0.6 is 27.3 Å². The molecule has 236 valence electrons. The second-order valence-corrected chi connectivity index (χ2v) is 15.2. The number of anilines is 2. The monoisotopic (exact) mass is 719 g/mol. The summed E-state index contributed by atoms with van der Waals surface area (Å²) in [6, 6.07) is 23.6. The van der Waals surface area contributed by atoms with E-state index in [1.54, 1.807) is 6.92 Å². The van der Waals surface area contributed by atoms with Gasteiger partial charge in [0.1, 0.15) is 10.5 Å². The smallest absolute Gasteiger partial charge is 0.372 e. The molecular formula is C34H30BrN3O6S2. The van der Waals surface area contributed by atoms with Gasteiger partial charge in [0.25, 0.3) is 15.9 Å². The number of aryl methyl sites for hydroxylation is 1. The zero-order valence-corrected chi connectivity index (χ0v) is 28.0. The highest BCUT2D eigenvalue weighted by atomic mass is 79.9. The minimum absolute atomic E-state index is 0.0255. The fourth-order valence-corrected chi connectivity index (χ4v) is 9.57. The Morgan fingerprint density at radius 1 is 1.02 bits per heavy atom. The number of amides is 1. The lowest BCUT2D eigenvalue weighted by Gasteiger charge is -2.57. The molecular weight excluding hydrogens is 690 g/mol. The zero-order valence-electron chi connectivity index (χ0n) is 24.8. The molecule has 3 aliphatic rings. The second-order valence-electron chi connectivity index (χ2n) is 11.6. The van der Waals surface area contributed by atoms with Crippen LogP contribution in [0, 0.1) is 6.92 Å². The molecule has 3 saturated heterocycles. The van der Waals surface area contributed by atoms with Crippen molar-refractivity contribution in [2.45, 2.75) is 36.7 Å². The summed E-state index contributed by atoms with van der Waals surface area (Å²) < 4.78 is 36.9. The van der Waals surface area contributed by atoms with Crippen LogP contribution in [0.25, 0.3) is 11.0 Å². The number of nitrogens with zero attached hydrogens (tertiary/aromatic N) is 3. The van der Waals surface area contributed by atoms with Gasteiger partial charge >= 0.3 is 5.97 Å². The molecule has 0 saturated carbocycles. The van der Waals surface area contributed by atoms with E-state index in [1.807, 2.05) is 70.9 Å². The number of thiophene rings is 1. The number of carboxylic acids is 1. The van der Waals surface area contributed by atoms with Crippen molar-refractivity contribution >= 4 is 71.5 Å². The van der Waals surface area contributed by atoms with E-state index in [4.69, 9.17) is 4.42 Å². The Balaban J connectivity index is 1.24. The summed E-state index contributed by atoms with van der Waals surface area (Å²) in [6.45, 7) is 2.98. The van der Waals surface area contributed by atoms with E-state index in [-0.39, 0.29) is 35.2 Å².